The van der Waals surface area contributed by atoms with Gasteiger partial charge in [0.15, 0.2) is 6.10 Å². The number of unbranched alkanes of at least 4 members (excludes halogenated alkanes) is 30. The van der Waals surface area contributed by atoms with E-state index in [-0.39, 0.29) is 19.3 Å². The molecule has 3 N–H and O–H groups in total. The van der Waals surface area contributed by atoms with E-state index in [9.17, 15) is 29.7 Å². The maximum absolute atomic E-state index is 13.1. The van der Waals surface area contributed by atoms with Crippen molar-refractivity contribution in [2.75, 3.05) is 0 Å². The lowest BCUT2D eigenvalue weighted by Gasteiger charge is -2.41. The van der Waals surface area contributed by atoms with Crippen molar-refractivity contribution in [1.82, 2.24) is 0 Å². The van der Waals surface area contributed by atoms with Crippen molar-refractivity contribution in [3.05, 3.63) is 0 Å². The monoisotopic (exact) mass is 785 g/mol. The van der Waals surface area contributed by atoms with Crippen molar-refractivity contribution in [3.63, 3.8) is 0 Å². The molecule has 0 aliphatic heterocycles. The van der Waals surface area contributed by atoms with Crippen LogP contribution in [0.2, 0.25) is 0 Å². The molecule has 1 unspecified atom stereocenters. The molecule has 0 aromatic carbocycles. The van der Waals surface area contributed by atoms with Gasteiger partial charge in [-0.1, -0.05) is 213 Å². The van der Waals surface area contributed by atoms with E-state index in [1.54, 1.807) is 0 Å². The van der Waals surface area contributed by atoms with Crippen LogP contribution in [0.5, 0.6) is 0 Å². The highest BCUT2D eigenvalue weighted by molar-refractivity contribution is 5.73. The Balaban J connectivity index is 5.08. The van der Waals surface area contributed by atoms with Crippen molar-refractivity contribution in [1.29, 1.82) is 0 Å². The molecule has 326 valence electrons. The molecule has 0 heterocycles. The van der Waals surface area contributed by atoms with Gasteiger partial charge in [-0.2, -0.15) is 0 Å². The Morgan fingerprint density at radius 2 is 0.600 bits per heavy atom. The zero-order valence-corrected chi connectivity index (χ0v) is 36.3. The summed E-state index contributed by atoms with van der Waals surface area (Å²) >= 11 is 0. The molecule has 0 rings (SSSR count). The highest BCUT2D eigenvalue weighted by atomic mass is 16.8. The van der Waals surface area contributed by atoms with E-state index in [1.807, 2.05) is 0 Å². The van der Waals surface area contributed by atoms with Crippen LogP contribution in [0.15, 0.2) is 0 Å². The van der Waals surface area contributed by atoms with E-state index in [1.165, 1.54) is 129 Å². The fourth-order valence-corrected chi connectivity index (χ4v) is 7.17. The topological polar surface area (TPSA) is 140 Å². The van der Waals surface area contributed by atoms with Gasteiger partial charge in [0.2, 0.25) is 0 Å². The number of hydrogen-bond acceptors (Lipinski definition) is 9. The standard InChI is InChI=1S/C46H88O9/c1-5-8-11-14-17-20-23-26-29-32-35-38-42(47)53-41(4)45(46(50,51)52,54-43(48)39-36-33-30-27-24-21-18-15-12-9-6-2)55-44(49)40-37-34-31-28-25-22-19-16-13-10-7-3/h41,50-52H,5-40H2,1-4H3. The summed E-state index contributed by atoms with van der Waals surface area (Å²) in [6.45, 7) is 7.89. The van der Waals surface area contributed by atoms with Gasteiger partial charge in [-0.05, 0) is 26.2 Å². The van der Waals surface area contributed by atoms with E-state index in [4.69, 9.17) is 14.2 Å². The molecule has 0 radical (unpaired) electrons. The molecule has 0 aromatic heterocycles. The summed E-state index contributed by atoms with van der Waals surface area (Å²) in [5.74, 6) is -9.28. The number of aliphatic hydroxyl groups is 3. The minimum Gasteiger partial charge on any atom is -0.454 e. The lowest BCUT2D eigenvalue weighted by molar-refractivity contribution is -0.460. The van der Waals surface area contributed by atoms with Gasteiger partial charge < -0.3 is 29.5 Å². The molecule has 9 heteroatoms. The Hall–Kier alpha value is -1.71. The molecule has 0 bridgehead atoms. The zero-order valence-electron chi connectivity index (χ0n) is 36.3. The normalized spacial score (nSPS) is 12.5. The summed E-state index contributed by atoms with van der Waals surface area (Å²) < 4.78 is 16.4. The molecule has 0 saturated carbocycles. The maximum Gasteiger partial charge on any atom is 0.376 e. The van der Waals surface area contributed by atoms with Crippen molar-refractivity contribution < 1.29 is 43.9 Å². The van der Waals surface area contributed by atoms with Crippen LogP contribution < -0.4 is 0 Å². The number of hydrogen-bond donors (Lipinski definition) is 3. The van der Waals surface area contributed by atoms with E-state index in [0.717, 1.165) is 70.6 Å². The Labute approximate surface area is 337 Å². The molecule has 55 heavy (non-hydrogen) atoms. The van der Waals surface area contributed by atoms with E-state index in [0.29, 0.717) is 19.3 Å². The number of rotatable bonds is 41. The average molecular weight is 785 g/mol. The molecular weight excluding hydrogens is 696 g/mol. The predicted molar refractivity (Wildman–Crippen MR) is 223 cm³/mol. The van der Waals surface area contributed by atoms with Crippen LogP contribution in [0.3, 0.4) is 0 Å². The Morgan fingerprint density at radius 1 is 0.382 bits per heavy atom. The smallest absolute Gasteiger partial charge is 0.376 e. The van der Waals surface area contributed by atoms with Crippen molar-refractivity contribution in [3.8, 4) is 0 Å². The average Bonchev–Trinajstić information content (AvgIpc) is 3.14. The molecule has 0 aliphatic rings. The minimum atomic E-state index is -3.82. The van der Waals surface area contributed by atoms with E-state index in [2.05, 4.69) is 20.8 Å². The molecule has 1 atom stereocenters. The molecule has 0 aromatic rings. The third-order valence-electron chi connectivity index (χ3n) is 10.8. The van der Waals surface area contributed by atoms with Crippen molar-refractivity contribution in [2.45, 2.75) is 277 Å². The van der Waals surface area contributed by atoms with Crippen LogP contribution in [0.1, 0.15) is 259 Å². The fraction of sp³-hybridized carbons (Fsp3) is 0.935. The Bertz CT molecular complexity index is 860. The van der Waals surface area contributed by atoms with Crippen molar-refractivity contribution in [2.24, 2.45) is 0 Å². The van der Waals surface area contributed by atoms with Gasteiger partial charge in [0.05, 0.1) is 0 Å². The van der Waals surface area contributed by atoms with Gasteiger partial charge in [0.25, 0.3) is 0 Å². The van der Waals surface area contributed by atoms with Crippen LogP contribution in [-0.4, -0.2) is 51.1 Å². The van der Waals surface area contributed by atoms with Crippen LogP contribution in [-0.2, 0) is 28.6 Å². The molecule has 0 fully saturated rings. The maximum atomic E-state index is 13.1. The first kappa shape index (κ1) is 53.3. The van der Waals surface area contributed by atoms with Gasteiger partial charge in [-0.15, -0.1) is 0 Å². The summed E-state index contributed by atoms with van der Waals surface area (Å²) in [5.41, 5.74) is 0. The molecule has 0 amide bonds. The van der Waals surface area contributed by atoms with Crippen LogP contribution in [0, 0.1) is 0 Å². The summed E-state index contributed by atoms with van der Waals surface area (Å²) in [7, 11) is 0. The summed E-state index contributed by atoms with van der Waals surface area (Å²) in [4.78, 5) is 39.1. The second-order valence-electron chi connectivity index (χ2n) is 16.2. The number of ether oxygens (including phenoxy) is 3. The second-order valence-corrected chi connectivity index (χ2v) is 16.2. The first-order chi connectivity index (χ1) is 26.5. The van der Waals surface area contributed by atoms with Crippen LogP contribution in [0.4, 0.5) is 0 Å². The number of carbonyl (C=O) groups is 3. The third kappa shape index (κ3) is 30.1. The number of carbonyl (C=O) groups excluding carboxylic acids is 3. The Morgan fingerprint density at radius 3 is 0.836 bits per heavy atom. The summed E-state index contributed by atoms with van der Waals surface area (Å²) in [6.07, 6.45) is 34.6. The predicted octanol–water partition coefficient (Wildman–Crippen LogP) is 12.4. The summed E-state index contributed by atoms with van der Waals surface area (Å²) in [6, 6.07) is 0. The zero-order chi connectivity index (χ0) is 40.9. The lowest BCUT2D eigenvalue weighted by atomic mass is 10.0. The van der Waals surface area contributed by atoms with Gasteiger partial charge in [-0.25, -0.2) is 0 Å². The van der Waals surface area contributed by atoms with Gasteiger partial charge in [0.1, 0.15) is 0 Å². The van der Waals surface area contributed by atoms with Crippen LogP contribution in [0.25, 0.3) is 0 Å². The molecular formula is C46H88O9. The van der Waals surface area contributed by atoms with E-state index >= 15 is 0 Å². The number of esters is 3. The van der Waals surface area contributed by atoms with Gasteiger partial charge in [-0.3, -0.25) is 14.4 Å². The van der Waals surface area contributed by atoms with Crippen molar-refractivity contribution >= 4 is 17.9 Å². The lowest BCUT2D eigenvalue weighted by Crippen LogP contribution is -2.66. The molecule has 0 spiro atoms. The van der Waals surface area contributed by atoms with Crippen LogP contribution >= 0.6 is 0 Å². The highest BCUT2D eigenvalue weighted by Crippen LogP contribution is 2.33. The Kier molecular flexibility index (Phi) is 35.5. The largest absolute Gasteiger partial charge is 0.454 e. The molecule has 0 saturated heterocycles. The molecule has 9 nitrogen and oxygen atoms in total. The van der Waals surface area contributed by atoms with Gasteiger partial charge in [0, 0.05) is 19.3 Å². The summed E-state index contributed by atoms with van der Waals surface area (Å²) in [5, 5.41) is 31.7. The van der Waals surface area contributed by atoms with E-state index < -0.39 is 35.8 Å². The quantitative estimate of drug-likeness (QED) is 0.0314. The first-order valence-corrected chi connectivity index (χ1v) is 23.3. The SMILES string of the molecule is CCCCCCCCCCCCCC(=O)OC(C)C(OC(=O)CCCCCCCCCCCCC)(OC(=O)CCCCCCCCCCCCC)C(O)(O)O. The minimum absolute atomic E-state index is 0.0616. The second kappa shape index (κ2) is 36.6. The third-order valence-corrected chi connectivity index (χ3v) is 10.8. The molecule has 0 aliphatic carbocycles. The fourth-order valence-electron chi connectivity index (χ4n) is 7.17. The van der Waals surface area contributed by atoms with Gasteiger partial charge >= 0.3 is 29.7 Å². The highest BCUT2D eigenvalue weighted by Gasteiger charge is 2.62. The first-order valence-electron chi connectivity index (χ1n) is 23.3.